The average Bonchev–Trinajstić information content (AvgIpc) is 3.06. The molecule has 1 saturated heterocycles. The van der Waals surface area contributed by atoms with Crippen molar-refractivity contribution in [1.29, 1.82) is 0 Å². The third kappa shape index (κ3) is 4.09. The molecule has 3 aromatic rings. The summed E-state index contributed by atoms with van der Waals surface area (Å²) in [5, 5.41) is 5.93. The summed E-state index contributed by atoms with van der Waals surface area (Å²) in [6.45, 7) is 14.0. The van der Waals surface area contributed by atoms with Crippen LogP contribution >= 0.6 is 0 Å². The second-order valence-corrected chi connectivity index (χ2v) is 8.95. The molecule has 1 aromatic carbocycles. The first kappa shape index (κ1) is 21.5. The molecule has 0 spiro atoms. The first-order valence-electron chi connectivity index (χ1n) is 11.2. The van der Waals surface area contributed by atoms with E-state index in [4.69, 9.17) is 10.1 Å². The SMILES string of the molecule is Cc1ccc(-n2nc(C)c3c(C)c(CCC(=O)N4CCN(C)CC4)c(C)nc32)cc1C. The number of rotatable bonds is 4. The van der Waals surface area contributed by atoms with Crippen LogP contribution in [0.5, 0.6) is 0 Å². The van der Waals surface area contributed by atoms with Gasteiger partial charge in [0.25, 0.3) is 0 Å². The molecule has 0 bridgehead atoms. The van der Waals surface area contributed by atoms with Crippen LogP contribution in [0.1, 0.15) is 40.1 Å². The molecule has 1 aliphatic rings. The molecule has 0 aliphatic carbocycles. The van der Waals surface area contributed by atoms with Crippen LogP contribution in [0.3, 0.4) is 0 Å². The van der Waals surface area contributed by atoms with E-state index in [2.05, 4.69) is 57.8 Å². The van der Waals surface area contributed by atoms with E-state index in [-0.39, 0.29) is 5.91 Å². The molecule has 0 N–H and O–H groups in total. The maximum Gasteiger partial charge on any atom is 0.222 e. The van der Waals surface area contributed by atoms with Crippen LogP contribution in [0, 0.1) is 34.6 Å². The van der Waals surface area contributed by atoms with E-state index in [1.165, 1.54) is 22.3 Å². The van der Waals surface area contributed by atoms with Crippen molar-refractivity contribution in [3.63, 3.8) is 0 Å². The topological polar surface area (TPSA) is 54.3 Å². The van der Waals surface area contributed by atoms with Gasteiger partial charge in [-0.2, -0.15) is 5.10 Å². The standard InChI is InChI=1S/C25H33N5O/c1-16-7-8-21(15-17(16)2)30-25-24(20(5)27-30)18(3)22(19(4)26-25)9-10-23(31)29-13-11-28(6)12-14-29/h7-8,15H,9-14H2,1-6H3. The molecule has 6 heteroatoms. The molecule has 3 heterocycles. The van der Waals surface area contributed by atoms with Crippen LogP contribution in [-0.2, 0) is 11.2 Å². The number of amides is 1. The van der Waals surface area contributed by atoms with Gasteiger partial charge in [-0.3, -0.25) is 4.79 Å². The van der Waals surface area contributed by atoms with Crippen LogP contribution in [-0.4, -0.2) is 63.7 Å². The highest BCUT2D eigenvalue weighted by Crippen LogP contribution is 2.29. The minimum atomic E-state index is 0.245. The Morgan fingerprint density at radius 2 is 1.68 bits per heavy atom. The lowest BCUT2D eigenvalue weighted by Gasteiger charge is -2.32. The Hall–Kier alpha value is -2.73. The largest absolute Gasteiger partial charge is 0.340 e. The van der Waals surface area contributed by atoms with E-state index in [0.29, 0.717) is 6.42 Å². The molecular formula is C25H33N5O. The lowest BCUT2D eigenvalue weighted by molar-refractivity contribution is -0.132. The molecule has 0 radical (unpaired) electrons. The minimum Gasteiger partial charge on any atom is -0.340 e. The van der Waals surface area contributed by atoms with E-state index in [1.54, 1.807) is 0 Å². The number of likely N-dealkylation sites (N-methyl/N-ethyl adjacent to an activating group) is 1. The zero-order valence-electron chi connectivity index (χ0n) is 19.6. The van der Waals surface area contributed by atoms with Crippen molar-refractivity contribution < 1.29 is 4.79 Å². The van der Waals surface area contributed by atoms with Gasteiger partial charge in [-0.05, 0) is 82.5 Å². The fraction of sp³-hybridized carbons (Fsp3) is 0.480. The fourth-order valence-corrected chi connectivity index (χ4v) is 4.56. The highest BCUT2D eigenvalue weighted by atomic mass is 16.2. The highest BCUT2D eigenvalue weighted by Gasteiger charge is 2.21. The molecule has 6 nitrogen and oxygen atoms in total. The summed E-state index contributed by atoms with van der Waals surface area (Å²) >= 11 is 0. The van der Waals surface area contributed by atoms with Gasteiger partial charge in [-0.25, -0.2) is 9.67 Å². The summed E-state index contributed by atoms with van der Waals surface area (Å²) in [5.41, 5.74) is 8.77. The summed E-state index contributed by atoms with van der Waals surface area (Å²) in [5.74, 6) is 0.245. The predicted molar refractivity (Wildman–Crippen MR) is 125 cm³/mol. The minimum absolute atomic E-state index is 0.245. The van der Waals surface area contributed by atoms with Crippen LogP contribution in [0.15, 0.2) is 18.2 Å². The number of pyridine rings is 1. The van der Waals surface area contributed by atoms with E-state index < -0.39 is 0 Å². The van der Waals surface area contributed by atoms with E-state index >= 15 is 0 Å². The number of carbonyl (C=O) groups is 1. The third-order valence-electron chi connectivity index (χ3n) is 6.75. The number of piperazine rings is 1. The van der Waals surface area contributed by atoms with Crippen molar-refractivity contribution in [1.82, 2.24) is 24.6 Å². The molecule has 164 valence electrons. The number of aromatic nitrogens is 3. The van der Waals surface area contributed by atoms with Crippen LogP contribution in [0.2, 0.25) is 0 Å². The monoisotopic (exact) mass is 419 g/mol. The summed E-state index contributed by atoms with van der Waals surface area (Å²) in [6.07, 6.45) is 1.25. The molecule has 2 aromatic heterocycles. The lowest BCUT2D eigenvalue weighted by Crippen LogP contribution is -2.47. The number of carbonyl (C=O) groups excluding carboxylic acids is 1. The van der Waals surface area contributed by atoms with Gasteiger partial charge in [-0.15, -0.1) is 0 Å². The van der Waals surface area contributed by atoms with E-state index in [0.717, 1.165) is 60.7 Å². The van der Waals surface area contributed by atoms with Gasteiger partial charge in [0, 0.05) is 43.7 Å². The highest BCUT2D eigenvalue weighted by molar-refractivity contribution is 5.85. The molecule has 31 heavy (non-hydrogen) atoms. The van der Waals surface area contributed by atoms with Crippen molar-refractivity contribution in [2.24, 2.45) is 0 Å². The Morgan fingerprint density at radius 1 is 0.968 bits per heavy atom. The first-order chi connectivity index (χ1) is 14.8. The predicted octanol–water partition coefficient (Wildman–Crippen LogP) is 3.67. The Bertz CT molecular complexity index is 1140. The summed E-state index contributed by atoms with van der Waals surface area (Å²) in [4.78, 5) is 22.0. The summed E-state index contributed by atoms with van der Waals surface area (Å²) in [7, 11) is 2.11. The molecule has 1 fully saturated rings. The second kappa shape index (κ2) is 8.42. The van der Waals surface area contributed by atoms with Crippen molar-refractivity contribution in [3.05, 3.63) is 51.8 Å². The van der Waals surface area contributed by atoms with Gasteiger partial charge in [0.05, 0.1) is 11.4 Å². The maximum atomic E-state index is 12.8. The fourth-order valence-electron chi connectivity index (χ4n) is 4.56. The van der Waals surface area contributed by atoms with Crippen LogP contribution < -0.4 is 0 Å². The Labute approximate surface area is 184 Å². The van der Waals surface area contributed by atoms with Crippen molar-refractivity contribution in [2.45, 2.75) is 47.5 Å². The number of nitrogens with zero attached hydrogens (tertiary/aromatic N) is 5. The van der Waals surface area contributed by atoms with E-state index in [9.17, 15) is 4.79 Å². The first-order valence-corrected chi connectivity index (χ1v) is 11.2. The number of fused-ring (bicyclic) bond motifs is 1. The molecule has 0 atom stereocenters. The maximum absolute atomic E-state index is 12.8. The Balaban J connectivity index is 1.63. The number of hydrogen-bond donors (Lipinski definition) is 0. The van der Waals surface area contributed by atoms with Crippen LogP contribution in [0.4, 0.5) is 0 Å². The van der Waals surface area contributed by atoms with Crippen molar-refractivity contribution in [3.8, 4) is 5.69 Å². The second-order valence-electron chi connectivity index (χ2n) is 8.95. The molecule has 1 amide bonds. The third-order valence-corrected chi connectivity index (χ3v) is 6.75. The van der Waals surface area contributed by atoms with Gasteiger partial charge >= 0.3 is 0 Å². The molecule has 0 saturated carbocycles. The molecule has 0 unspecified atom stereocenters. The van der Waals surface area contributed by atoms with E-state index in [1.807, 2.05) is 16.5 Å². The number of benzene rings is 1. The summed E-state index contributed by atoms with van der Waals surface area (Å²) in [6, 6.07) is 6.39. The van der Waals surface area contributed by atoms with Crippen molar-refractivity contribution >= 4 is 16.9 Å². The normalized spacial score (nSPS) is 15.1. The number of aryl methyl sites for hydroxylation is 5. The lowest BCUT2D eigenvalue weighted by atomic mass is 9.99. The number of hydrogen-bond acceptors (Lipinski definition) is 4. The average molecular weight is 420 g/mol. The Morgan fingerprint density at radius 3 is 2.35 bits per heavy atom. The van der Waals surface area contributed by atoms with Gasteiger partial charge in [0.15, 0.2) is 5.65 Å². The van der Waals surface area contributed by atoms with Gasteiger partial charge in [-0.1, -0.05) is 6.07 Å². The quantitative estimate of drug-likeness (QED) is 0.648. The Kier molecular flexibility index (Phi) is 5.84. The van der Waals surface area contributed by atoms with Gasteiger partial charge in [0.1, 0.15) is 0 Å². The van der Waals surface area contributed by atoms with Crippen LogP contribution in [0.25, 0.3) is 16.7 Å². The molecule has 4 rings (SSSR count). The smallest absolute Gasteiger partial charge is 0.222 e. The van der Waals surface area contributed by atoms with Gasteiger partial charge in [0.2, 0.25) is 5.91 Å². The summed E-state index contributed by atoms with van der Waals surface area (Å²) < 4.78 is 1.95. The molecule has 1 aliphatic heterocycles. The molecular weight excluding hydrogens is 386 g/mol. The van der Waals surface area contributed by atoms with Gasteiger partial charge < -0.3 is 9.80 Å². The zero-order valence-corrected chi connectivity index (χ0v) is 19.6. The zero-order chi connectivity index (χ0) is 22.3. The van der Waals surface area contributed by atoms with Crippen molar-refractivity contribution in [2.75, 3.05) is 33.2 Å².